The normalized spacial score (nSPS) is 16.5. The molecule has 0 radical (unpaired) electrons. The number of likely N-dealkylation sites (N-methyl/N-ethyl adjacent to an activating group) is 2. The first-order chi connectivity index (χ1) is 22.5. The zero-order chi connectivity index (χ0) is 34.8. The van der Waals surface area contributed by atoms with E-state index in [1.54, 1.807) is 11.9 Å². The molecule has 47 heavy (non-hydrogen) atoms. The van der Waals surface area contributed by atoms with Gasteiger partial charge in [0.05, 0.1) is 24.2 Å². The second-order valence-corrected chi connectivity index (χ2v) is 13.0. The summed E-state index contributed by atoms with van der Waals surface area (Å²) >= 11 is 0. The third-order valence-corrected chi connectivity index (χ3v) is 8.96. The number of aliphatic hydroxyl groups excluding tert-OH is 2. The molecular formula is C38H54N4O5. The van der Waals surface area contributed by atoms with Gasteiger partial charge in [-0.15, -0.1) is 25.2 Å². The van der Waals surface area contributed by atoms with Gasteiger partial charge in [0.1, 0.15) is 12.0 Å². The molecule has 5 unspecified atom stereocenters. The van der Waals surface area contributed by atoms with E-state index in [0.717, 1.165) is 37.7 Å². The van der Waals surface area contributed by atoms with Gasteiger partial charge in [0.25, 0.3) is 0 Å². The number of carbonyl (C=O) groups is 3. The summed E-state index contributed by atoms with van der Waals surface area (Å²) in [5.74, 6) is 4.37. The maximum Gasteiger partial charge on any atom is 0.245 e. The molecule has 0 aromatic heterocycles. The highest BCUT2D eigenvalue weighted by molar-refractivity contribution is 5.91. The molecule has 9 nitrogen and oxygen atoms in total. The van der Waals surface area contributed by atoms with Crippen LogP contribution in [0, 0.1) is 54.8 Å². The average molecular weight is 647 g/mol. The Bertz CT molecular complexity index is 1230. The number of unbranched alkanes of at least 4 members (excludes halogenated alkanes) is 1. The van der Waals surface area contributed by atoms with Gasteiger partial charge >= 0.3 is 0 Å². The first kappa shape index (κ1) is 39.4. The Morgan fingerprint density at radius 2 is 1.60 bits per heavy atom. The zero-order valence-electron chi connectivity index (χ0n) is 28.4. The molecule has 1 saturated carbocycles. The minimum Gasteiger partial charge on any atom is -0.390 e. The highest BCUT2D eigenvalue weighted by Gasteiger charge is 2.36. The summed E-state index contributed by atoms with van der Waals surface area (Å²) in [6.07, 6.45) is 21.6. The van der Waals surface area contributed by atoms with E-state index in [2.05, 4.69) is 28.4 Å². The molecule has 0 bridgehead atoms. The Hall–Kier alpha value is -3.81. The van der Waals surface area contributed by atoms with Crippen LogP contribution in [0.15, 0.2) is 30.3 Å². The van der Waals surface area contributed by atoms with E-state index in [1.165, 1.54) is 0 Å². The fraction of sp³-hybridized carbons (Fsp3) is 0.605. The van der Waals surface area contributed by atoms with Crippen molar-refractivity contribution in [2.45, 2.75) is 94.9 Å². The fourth-order valence-corrected chi connectivity index (χ4v) is 6.00. The number of carbonyl (C=O) groups excluding carboxylic acids is 3. The van der Waals surface area contributed by atoms with Gasteiger partial charge in [-0.05, 0) is 51.3 Å². The largest absolute Gasteiger partial charge is 0.390 e. The van der Waals surface area contributed by atoms with E-state index in [4.69, 9.17) is 19.3 Å². The van der Waals surface area contributed by atoms with Gasteiger partial charge in [0.15, 0.2) is 0 Å². The Labute approximate surface area is 282 Å². The molecule has 4 N–H and O–H groups in total. The van der Waals surface area contributed by atoms with Gasteiger partial charge in [0.2, 0.25) is 17.7 Å². The summed E-state index contributed by atoms with van der Waals surface area (Å²) in [6, 6.07) is 7.22. The highest BCUT2D eigenvalue weighted by atomic mass is 16.3. The summed E-state index contributed by atoms with van der Waals surface area (Å²) in [6.45, 7) is 1.16. The second-order valence-electron chi connectivity index (χ2n) is 13.0. The number of rotatable bonds is 19. The molecule has 0 aliphatic heterocycles. The lowest BCUT2D eigenvalue weighted by molar-refractivity contribution is -0.137. The molecular weight excluding hydrogens is 592 g/mol. The van der Waals surface area contributed by atoms with Crippen LogP contribution in [0.2, 0.25) is 0 Å². The number of amides is 3. The Kier molecular flexibility index (Phi) is 17.7. The quantitative estimate of drug-likeness (QED) is 0.136. The van der Waals surface area contributed by atoms with Crippen LogP contribution in [0.4, 0.5) is 0 Å². The predicted octanol–water partition coefficient (Wildman–Crippen LogP) is 2.60. The first-order valence-electron chi connectivity index (χ1n) is 16.8. The number of aliphatic hydroxyl groups is 2. The van der Waals surface area contributed by atoms with E-state index < -0.39 is 47.9 Å². The summed E-state index contributed by atoms with van der Waals surface area (Å²) in [5, 5.41) is 27.7. The number of hydrogen-bond donors (Lipinski definition) is 4. The van der Waals surface area contributed by atoms with Crippen LogP contribution in [0.5, 0.6) is 0 Å². The summed E-state index contributed by atoms with van der Waals surface area (Å²) in [4.78, 5) is 44.6. The highest BCUT2D eigenvalue weighted by Crippen LogP contribution is 2.29. The topological polar surface area (TPSA) is 122 Å². The van der Waals surface area contributed by atoms with Crippen molar-refractivity contribution in [3.63, 3.8) is 0 Å². The molecule has 1 aromatic rings. The fourth-order valence-electron chi connectivity index (χ4n) is 6.00. The number of benzene rings is 1. The number of terminal acetylenes is 3. The Morgan fingerprint density at radius 1 is 0.936 bits per heavy atom. The van der Waals surface area contributed by atoms with E-state index >= 15 is 0 Å². The van der Waals surface area contributed by atoms with Crippen LogP contribution in [-0.4, -0.2) is 96.3 Å². The van der Waals surface area contributed by atoms with Crippen molar-refractivity contribution in [1.82, 2.24) is 20.4 Å². The molecule has 9 heteroatoms. The van der Waals surface area contributed by atoms with E-state index in [0.29, 0.717) is 32.4 Å². The van der Waals surface area contributed by atoms with Crippen molar-refractivity contribution >= 4 is 17.7 Å². The van der Waals surface area contributed by atoms with Crippen molar-refractivity contribution in [2.75, 3.05) is 34.2 Å². The van der Waals surface area contributed by atoms with Gasteiger partial charge < -0.3 is 30.6 Å². The average Bonchev–Trinajstić information content (AvgIpc) is 3.07. The Morgan fingerprint density at radius 3 is 2.19 bits per heavy atom. The lowest BCUT2D eigenvalue weighted by Gasteiger charge is -2.34. The minimum atomic E-state index is -1.32. The molecule has 0 saturated heterocycles. The molecule has 5 atom stereocenters. The van der Waals surface area contributed by atoms with E-state index in [1.807, 2.05) is 49.3 Å². The third kappa shape index (κ3) is 13.8. The van der Waals surface area contributed by atoms with Gasteiger partial charge in [-0.25, -0.2) is 0 Å². The van der Waals surface area contributed by atoms with Crippen molar-refractivity contribution in [1.29, 1.82) is 0 Å². The molecule has 1 aliphatic carbocycles. The van der Waals surface area contributed by atoms with Gasteiger partial charge in [-0.3, -0.25) is 14.4 Å². The van der Waals surface area contributed by atoms with Crippen molar-refractivity contribution in [2.24, 2.45) is 17.8 Å². The Balaban J connectivity index is 2.32. The lowest BCUT2D eigenvalue weighted by atomic mass is 9.82. The maximum atomic E-state index is 13.9. The molecule has 0 heterocycles. The summed E-state index contributed by atoms with van der Waals surface area (Å²) < 4.78 is 0. The van der Waals surface area contributed by atoms with Crippen molar-refractivity contribution in [3.05, 3.63) is 35.9 Å². The first-order valence-corrected chi connectivity index (χ1v) is 16.8. The van der Waals surface area contributed by atoms with Crippen LogP contribution in [0.3, 0.4) is 0 Å². The zero-order valence-corrected chi connectivity index (χ0v) is 28.4. The summed E-state index contributed by atoms with van der Waals surface area (Å²) in [5.41, 5.74) is 0.859. The van der Waals surface area contributed by atoms with Gasteiger partial charge in [-0.2, -0.15) is 0 Å². The maximum absolute atomic E-state index is 13.9. The van der Waals surface area contributed by atoms with Gasteiger partial charge in [-0.1, -0.05) is 74.3 Å². The lowest BCUT2D eigenvalue weighted by Crippen LogP contribution is -2.57. The smallest absolute Gasteiger partial charge is 0.245 e. The molecule has 1 fully saturated rings. The van der Waals surface area contributed by atoms with Crippen molar-refractivity contribution < 1.29 is 24.6 Å². The van der Waals surface area contributed by atoms with Crippen LogP contribution >= 0.6 is 0 Å². The molecule has 2 rings (SSSR count). The standard InChI is InChI=1S/C38H54N4O5/c1-7-10-13-22-33(43)36(45)32(26-29-20-16-12-17-21-29)39-38(47)35(30(8-2)9-3)40-37(46)31(25-28-18-14-11-15-19-28)27-34(44)42(6)24-23-41(4)5/h1-3,11,14-15,18-19,29-33,35-36,43,45H,10,12-13,16-17,20-27H2,4-6H3,(H,39,47)(H,40,46). The van der Waals surface area contributed by atoms with E-state index in [-0.39, 0.29) is 31.1 Å². The molecule has 256 valence electrons. The molecule has 1 aliphatic rings. The summed E-state index contributed by atoms with van der Waals surface area (Å²) in [7, 11) is 5.54. The van der Waals surface area contributed by atoms with Crippen LogP contribution < -0.4 is 10.6 Å². The van der Waals surface area contributed by atoms with Crippen molar-refractivity contribution in [3.8, 4) is 37.0 Å². The molecule has 3 amide bonds. The van der Waals surface area contributed by atoms with Gasteiger partial charge in [0, 0.05) is 33.0 Å². The van der Waals surface area contributed by atoms with Crippen LogP contribution in [0.25, 0.3) is 0 Å². The predicted molar refractivity (Wildman–Crippen MR) is 185 cm³/mol. The second kappa shape index (κ2) is 21.1. The van der Waals surface area contributed by atoms with Crippen LogP contribution in [-0.2, 0) is 20.8 Å². The monoisotopic (exact) mass is 646 g/mol. The molecule has 1 aromatic carbocycles. The van der Waals surface area contributed by atoms with E-state index in [9.17, 15) is 24.6 Å². The third-order valence-electron chi connectivity index (χ3n) is 8.96. The minimum absolute atomic E-state index is 0.0807. The SMILES string of the molecule is C#CCCCC(O)C(O)C(CC1CCCCC1)NC(=O)C(NC(=O)C(CC(=O)N(C)CCN(C)C)Cc1ccccc1)C(C#C)C#C. The molecule has 0 spiro atoms. The number of nitrogens with zero attached hydrogens (tertiary/aromatic N) is 2. The van der Waals surface area contributed by atoms with Crippen LogP contribution in [0.1, 0.15) is 69.8 Å². The number of nitrogens with one attached hydrogen (secondary N) is 2. The number of hydrogen-bond acceptors (Lipinski definition) is 6.